The van der Waals surface area contributed by atoms with Gasteiger partial charge in [-0.1, -0.05) is 44.2 Å². The molecule has 1 aromatic heterocycles. The van der Waals surface area contributed by atoms with Gasteiger partial charge in [-0.3, -0.25) is 14.0 Å². The predicted molar refractivity (Wildman–Crippen MR) is 128 cm³/mol. The number of para-hydroxylation sites is 2. The van der Waals surface area contributed by atoms with Gasteiger partial charge in [-0.15, -0.1) is 0 Å². The van der Waals surface area contributed by atoms with E-state index in [-0.39, 0.29) is 5.69 Å². The Labute approximate surface area is 186 Å². The minimum atomic E-state index is -0.955. The van der Waals surface area contributed by atoms with Crippen LogP contribution in [0.3, 0.4) is 0 Å². The third-order valence-corrected chi connectivity index (χ3v) is 7.30. The van der Waals surface area contributed by atoms with Crippen molar-refractivity contribution in [3.63, 3.8) is 0 Å². The van der Waals surface area contributed by atoms with Crippen molar-refractivity contribution < 1.29 is 5.11 Å². The molecular formula is C26H39N3O2. The van der Waals surface area contributed by atoms with E-state index >= 15 is 0 Å². The molecule has 2 aliphatic rings. The molecule has 2 heterocycles. The monoisotopic (exact) mass is 425 g/mol. The highest BCUT2D eigenvalue weighted by atomic mass is 16.3. The molecule has 0 saturated heterocycles. The molecule has 4 rings (SSSR count). The van der Waals surface area contributed by atoms with Crippen LogP contribution in [0.25, 0.3) is 16.7 Å². The average molecular weight is 426 g/mol. The van der Waals surface area contributed by atoms with Crippen molar-refractivity contribution >= 4 is 16.7 Å². The van der Waals surface area contributed by atoms with Gasteiger partial charge in [0, 0.05) is 38.3 Å². The highest BCUT2D eigenvalue weighted by Gasteiger charge is 2.32. The third kappa shape index (κ3) is 4.68. The van der Waals surface area contributed by atoms with E-state index in [1.54, 1.807) is 0 Å². The molecule has 1 aliphatic heterocycles. The first-order valence-corrected chi connectivity index (χ1v) is 12.3. The molecular weight excluding hydrogens is 386 g/mol. The number of rotatable bonds is 5. The average Bonchev–Trinajstić information content (AvgIpc) is 3.00. The van der Waals surface area contributed by atoms with Gasteiger partial charge in [0.25, 0.3) is 0 Å². The van der Waals surface area contributed by atoms with Crippen molar-refractivity contribution in [1.82, 2.24) is 14.0 Å². The Balaban J connectivity index is 1.68. The van der Waals surface area contributed by atoms with Gasteiger partial charge < -0.3 is 5.11 Å². The lowest BCUT2D eigenvalue weighted by Gasteiger charge is -2.38. The maximum Gasteiger partial charge on any atom is 0.333 e. The largest absolute Gasteiger partial charge is 0.386 e. The van der Waals surface area contributed by atoms with Crippen molar-refractivity contribution in [2.75, 3.05) is 19.6 Å². The van der Waals surface area contributed by atoms with E-state index in [4.69, 9.17) is 0 Å². The van der Waals surface area contributed by atoms with Crippen LogP contribution >= 0.6 is 0 Å². The first-order valence-electron chi connectivity index (χ1n) is 12.3. The normalized spacial score (nSPS) is 20.3. The van der Waals surface area contributed by atoms with Gasteiger partial charge in [-0.25, -0.2) is 4.79 Å². The summed E-state index contributed by atoms with van der Waals surface area (Å²) in [5, 5.41) is 11.1. The first-order chi connectivity index (χ1) is 14.9. The SMILES string of the molecule is CCn1c(=O)n(C2=C(C(C)(C)O)CN(CC3CCCCCCC3)CC2)c2ccccc21. The zero-order valence-corrected chi connectivity index (χ0v) is 19.6. The smallest absolute Gasteiger partial charge is 0.333 e. The van der Waals surface area contributed by atoms with E-state index in [0.29, 0.717) is 6.54 Å². The van der Waals surface area contributed by atoms with Crippen molar-refractivity contribution in [2.24, 2.45) is 5.92 Å². The van der Waals surface area contributed by atoms with Crippen LogP contribution in [0.5, 0.6) is 0 Å². The molecule has 0 amide bonds. The topological polar surface area (TPSA) is 50.4 Å². The zero-order chi connectivity index (χ0) is 22.0. The highest BCUT2D eigenvalue weighted by molar-refractivity contribution is 5.80. The van der Waals surface area contributed by atoms with Crippen molar-refractivity contribution in [3.05, 3.63) is 40.3 Å². The van der Waals surface area contributed by atoms with Crippen LogP contribution < -0.4 is 5.69 Å². The quantitative estimate of drug-likeness (QED) is 0.743. The summed E-state index contributed by atoms with van der Waals surface area (Å²) < 4.78 is 3.71. The van der Waals surface area contributed by atoms with Crippen LogP contribution in [0, 0.1) is 5.92 Å². The van der Waals surface area contributed by atoms with Crippen molar-refractivity contribution in [2.45, 2.75) is 84.3 Å². The fraction of sp³-hybridized carbons (Fsp3) is 0.654. The summed E-state index contributed by atoms with van der Waals surface area (Å²) >= 11 is 0. The Morgan fingerprint density at radius 1 is 1.03 bits per heavy atom. The lowest BCUT2D eigenvalue weighted by atomic mass is 9.88. The number of hydrogen-bond donors (Lipinski definition) is 1. The molecule has 1 aromatic carbocycles. The zero-order valence-electron chi connectivity index (χ0n) is 19.6. The molecule has 5 heteroatoms. The third-order valence-electron chi connectivity index (χ3n) is 7.30. The summed E-state index contributed by atoms with van der Waals surface area (Å²) in [6.45, 7) is 9.19. The second-order valence-corrected chi connectivity index (χ2v) is 10.0. The summed E-state index contributed by atoms with van der Waals surface area (Å²) in [7, 11) is 0. The molecule has 5 nitrogen and oxygen atoms in total. The number of aromatic nitrogens is 2. The maximum atomic E-state index is 13.4. The Morgan fingerprint density at radius 2 is 1.68 bits per heavy atom. The molecule has 170 valence electrons. The standard InChI is InChI=1S/C26H39N3O2/c1-4-28-23-14-10-11-15-24(23)29(25(28)30)22-16-17-27(19-21(22)26(2,3)31)18-20-12-8-6-5-7-9-13-20/h10-11,14-15,20,31H,4-9,12-13,16-19H2,1-3H3. The second-order valence-electron chi connectivity index (χ2n) is 10.0. The number of aliphatic hydroxyl groups is 1. The Kier molecular flexibility index (Phi) is 6.73. The van der Waals surface area contributed by atoms with E-state index < -0.39 is 5.60 Å². The van der Waals surface area contributed by atoms with E-state index in [1.165, 1.54) is 44.9 Å². The Bertz CT molecular complexity index is 984. The number of fused-ring (bicyclic) bond motifs is 1. The minimum absolute atomic E-state index is 0.00826. The molecule has 1 fully saturated rings. The summed E-state index contributed by atoms with van der Waals surface area (Å²) in [4.78, 5) is 15.9. The van der Waals surface area contributed by atoms with Crippen LogP contribution in [-0.2, 0) is 6.54 Å². The van der Waals surface area contributed by atoms with Gasteiger partial charge in [0.15, 0.2) is 0 Å². The summed E-state index contributed by atoms with van der Waals surface area (Å²) in [5.74, 6) is 0.759. The Hall–Kier alpha value is -1.85. The Morgan fingerprint density at radius 3 is 2.32 bits per heavy atom. The number of nitrogens with zero attached hydrogens (tertiary/aromatic N) is 3. The van der Waals surface area contributed by atoms with E-state index in [1.807, 2.05) is 54.2 Å². The lowest BCUT2D eigenvalue weighted by Crippen LogP contribution is -2.42. The molecule has 0 unspecified atom stereocenters. The van der Waals surface area contributed by atoms with Gasteiger partial charge >= 0.3 is 5.69 Å². The van der Waals surface area contributed by atoms with Gasteiger partial charge in [-0.2, -0.15) is 0 Å². The number of imidazole rings is 1. The van der Waals surface area contributed by atoms with Crippen LogP contribution in [0.15, 0.2) is 34.6 Å². The van der Waals surface area contributed by atoms with Gasteiger partial charge in [0.1, 0.15) is 0 Å². The maximum absolute atomic E-state index is 13.4. The van der Waals surface area contributed by atoms with Crippen LogP contribution in [0.2, 0.25) is 0 Å². The minimum Gasteiger partial charge on any atom is -0.386 e. The van der Waals surface area contributed by atoms with Gasteiger partial charge in [0.05, 0.1) is 16.6 Å². The first kappa shape index (κ1) is 22.3. The number of hydrogen-bond acceptors (Lipinski definition) is 3. The highest BCUT2D eigenvalue weighted by Crippen LogP contribution is 2.33. The molecule has 2 aromatic rings. The molecule has 0 bridgehead atoms. The van der Waals surface area contributed by atoms with Gasteiger partial charge in [0.2, 0.25) is 0 Å². The molecule has 0 radical (unpaired) electrons. The van der Waals surface area contributed by atoms with Crippen molar-refractivity contribution in [3.8, 4) is 0 Å². The predicted octanol–water partition coefficient (Wildman–Crippen LogP) is 4.87. The molecule has 0 atom stereocenters. The van der Waals surface area contributed by atoms with E-state index in [0.717, 1.165) is 54.3 Å². The lowest BCUT2D eigenvalue weighted by molar-refractivity contribution is 0.101. The second kappa shape index (κ2) is 9.33. The molecule has 1 saturated carbocycles. The molecule has 0 spiro atoms. The molecule has 1 aliphatic carbocycles. The fourth-order valence-corrected chi connectivity index (χ4v) is 5.62. The summed E-state index contributed by atoms with van der Waals surface area (Å²) in [6.07, 6.45) is 10.3. The van der Waals surface area contributed by atoms with E-state index in [2.05, 4.69) is 4.90 Å². The molecule has 1 N–H and O–H groups in total. The van der Waals surface area contributed by atoms with Crippen LogP contribution in [-0.4, -0.2) is 44.4 Å². The van der Waals surface area contributed by atoms with Crippen molar-refractivity contribution in [1.29, 1.82) is 0 Å². The number of benzene rings is 1. The van der Waals surface area contributed by atoms with Crippen LogP contribution in [0.1, 0.15) is 72.1 Å². The van der Waals surface area contributed by atoms with E-state index in [9.17, 15) is 9.90 Å². The summed E-state index contributed by atoms with van der Waals surface area (Å²) in [6, 6.07) is 8.02. The van der Waals surface area contributed by atoms with Crippen LogP contribution in [0.4, 0.5) is 0 Å². The van der Waals surface area contributed by atoms with Gasteiger partial charge in [-0.05, 0) is 57.2 Å². The summed E-state index contributed by atoms with van der Waals surface area (Å²) in [5.41, 5.74) is 2.95. The number of aryl methyl sites for hydroxylation is 1. The molecule has 31 heavy (non-hydrogen) atoms. The fourth-order valence-electron chi connectivity index (χ4n) is 5.62.